The first-order valence-electron chi connectivity index (χ1n) is 10.1. The molecule has 0 spiro atoms. The zero-order valence-electron chi connectivity index (χ0n) is 18.5. The minimum absolute atomic E-state index is 0.0670. The first-order chi connectivity index (χ1) is 16.3. The molecule has 34 heavy (non-hydrogen) atoms. The summed E-state index contributed by atoms with van der Waals surface area (Å²) in [5, 5.41) is 21.3. The van der Waals surface area contributed by atoms with Crippen molar-refractivity contribution in [2.45, 2.75) is 13.5 Å². The van der Waals surface area contributed by atoms with E-state index in [1.807, 2.05) is 31.2 Å². The number of aromatic carboxylic acids is 1. The average Bonchev–Trinajstić information content (AvgIpc) is 2.81. The van der Waals surface area contributed by atoms with Gasteiger partial charge in [0.2, 0.25) is 0 Å². The third-order valence-corrected chi connectivity index (χ3v) is 5.38. The van der Waals surface area contributed by atoms with Crippen molar-refractivity contribution in [1.82, 2.24) is 0 Å². The van der Waals surface area contributed by atoms with Gasteiger partial charge in [-0.3, -0.25) is 4.79 Å². The molecule has 0 bridgehead atoms. The van der Waals surface area contributed by atoms with E-state index in [1.54, 1.807) is 30.3 Å². The number of rotatable bonds is 8. The van der Waals surface area contributed by atoms with Gasteiger partial charge in [-0.15, -0.1) is 0 Å². The highest BCUT2D eigenvalue weighted by Crippen LogP contribution is 2.37. The number of methoxy groups -OCH3 is 1. The Morgan fingerprint density at radius 1 is 1.15 bits per heavy atom. The van der Waals surface area contributed by atoms with Gasteiger partial charge in [0.15, 0.2) is 11.5 Å². The van der Waals surface area contributed by atoms with Crippen LogP contribution in [0.1, 0.15) is 27.0 Å². The highest BCUT2D eigenvalue weighted by molar-refractivity contribution is 9.10. The van der Waals surface area contributed by atoms with Crippen LogP contribution in [-0.4, -0.2) is 24.1 Å². The van der Waals surface area contributed by atoms with Crippen LogP contribution in [0.15, 0.2) is 70.7 Å². The van der Waals surface area contributed by atoms with E-state index in [-0.39, 0.29) is 17.7 Å². The molecule has 0 aromatic heterocycles. The monoisotopic (exact) mass is 520 g/mol. The van der Waals surface area contributed by atoms with Crippen LogP contribution in [0.3, 0.4) is 0 Å². The van der Waals surface area contributed by atoms with Crippen molar-refractivity contribution < 1.29 is 24.2 Å². The van der Waals surface area contributed by atoms with Crippen LogP contribution in [0.4, 0.5) is 5.69 Å². The molecule has 3 aromatic rings. The highest BCUT2D eigenvalue weighted by Gasteiger charge is 2.15. The molecule has 0 saturated heterocycles. The van der Waals surface area contributed by atoms with Crippen LogP contribution >= 0.6 is 15.9 Å². The smallest absolute Gasteiger partial charge is 0.335 e. The maximum Gasteiger partial charge on any atom is 0.335 e. The number of nitrogens with zero attached hydrogens (tertiary/aromatic N) is 1. The number of carboxylic acids is 1. The van der Waals surface area contributed by atoms with Gasteiger partial charge >= 0.3 is 5.97 Å². The predicted octanol–water partition coefficient (Wildman–Crippen LogP) is 5.59. The molecule has 1 amide bonds. The predicted molar refractivity (Wildman–Crippen MR) is 132 cm³/mol. The van der Waals surface area contributed by atoms with E-state index in [4.69, 9.17) is 14.6 Å². The van der Waals surface area contributed by atoms with Crippen LogP contribution in [0.5, 0.6) is 11.5 Å². The second-order valence-corrected chi connectivity index (χ2v) is 8.17. The van der Waals surface area contributed by atoms with Crippen molar-refractivity contribution in [1.29, 1.82) is 5.26 Å². The first kappa shape index (κ1) is 24.6. The Balaban J connectivity index is 1.79. The fourth-order valence-electron chi connectivity index (χ4n) is 3.10. The molecule has 7 nitrogen and oxygen atoms in total. The molecule has 0 saturated carbocycles. The minimum Gasteiger partial charge on any atom is -0.493 e. The lowest BCUT2D eigenvalue weighted by atomic mass is 10.1. The van der Waals surface area contributed by atoms with Crippen molar-refractivity contribution in [2.24, 2.45) is 0 Å². The number of nitriles is 1. The summed E-state index contributed by atoms with van der Waals surface area (Å²) in [5.41, 5.74) is 3.06. The summed E-state index contributed by atoms with van der Waals surface area (Å²) in [6.07, 6.45) is 1.47. The summed E-state index contributed by atoms with van der Waals surface area (Å²) in [4.78, 5) is 23.6. The normalized spacial score (nSPS) is 10.8. The van der Waals surface area contributed by atoms with Crippen LogP contribution in [0, 0.1) is 18.3 Å². The largest absolute Gasteiger partial charge is 0.493 e. The minimum atomic E-state index is -0.996. The number of hydrogen-bond acceptors (Lipinski definition) is 5. The zero-order chi connectivity index (χ0) is 24.7. The van der Waals surface area contributed by atoms with Crippen LogP contribution in [0.25, 0.3) is 6.08 Å². The number of benzene rings is 3. The standard InChI is InChI=1S/C26H21BrN2O5/c1-16-4-3-5-21(10-16)29-25(30)20(14-28)11-18-12-22(27)24(23(13-18)33-2)34-15-17-6-8-19(9-7-17)26(31)32/h3-13H,15H2,1-2H3,(H,29,30)(H,31,32)/b20-11-. The Bertz CT molecular complexity index is 1290. The van der Waals surface area contributed by atoms with Gasteiger partial charge in [0, 0.05) is 5.69 Å². The SMILES string of the molecule is COc1cc(/C=C(/C#N)C(=O)Nc2cccc(C)c2)cc(Br)c1OCc1ccc(C(=O)O)cc1. The van der Waals surface area contributed by atoms with E-state index in [2.05, 4.69) is 21.2 Å². The van der Waals surface area contributed by atoms with Crippen molar-refractivity contribution in [2.75, 3.05) is 12.4 Å². The van der Waals surface area contributed by atoms with Gasteiger partial charge in [0.1, 0.15) is 18.2 Å². The van der Waals surface area contributed by atoms with Gasteiger partial charge in [0.25, 0.3) is 5.91 Å². The second-order valence-electron chi connectivity index (χ2n) is 7.32. The molecular weight excluding hydrogens is 500 g/mol. The van der Waals surface area contributed by atoms with Gasteiger partial charge in [-0.25, -0.2) is 4.79 Å². The number of halogens is 1. The maximum atomic E-state index is 12.6. The van der Waals surface area contributed by atoms with Gasteiger partial charge in [-0.1, -0.05) is 24.3 Å². The van der Waals surface area contributed by atoms with Crippen molar-refractivity contribution in [3.63, 3.8) is 0 Å². The Kier molecular flexibility index (Phi) is 8.06. The van der Waals surface area contributed by atoms with Crippen molar-refractivity contribution >= 4 is 39.6 Å². The van der Waals surface area contributed by atoms with Crippen LogP contribution in [-0.2, 0) is 11.4 Å². The van der Waals surface area contributed by atoms with Gasteiger partial charge < -0.3 is 19.9 Å². The highest BCUT2D eigenvalue weighted by atomic mass is 79.9. The number of amides is 1. The number of hydrogen-bond donors (Lipinski definition) is 2. The Hall–Kier alpha value is -4.09. The molecule has 0 aliphatic heterocycles. The first-order valence-corrected chi connectivity index (χ1v) is 10.9. The van der Waals surface area contributed by atoms with Gasteiger partial charge in [-0.05, 0) is 82.0 Å². The Labute approximate surface area is 205 Å². The lowest BCUT2D eigenvalue weighted by molar-refractivity contribution is -0.112. The van der Waals surface area contributed by atoms with Gasteiger partial charge in [-0.2, -0.15) is 5.26 Å². The molecule has 2 N–H and O–H groups in total. The molecule has 0 atom stereocenters. The third-order valence-electron chi connectivity index (χ3n) is 4.79. The lowest BCUT2D eigenvalue weighted by Gasteiger charge is -2.14. The topological polar surface area (TPSA) is 109 Å². The zero-order valence-corrected chi connectivity index (χ0v) is 20.0. The molecule has 8 heteroatoms. The molecule has 0 aliphatic carbocycles. The second kappa shape index (κ2) is 11.2. The van der Waals surface area contributed by atoms with Crippen LogP contribution in [0.2, 0.25) is 0 Å². The number of aryl methyl sites for hydroxylation is 1. The number of anilines is 1. The van der Waals surface area contributed by atoms with E-state index in [0.717, 1.165) is 11.1 Å². The summed E-state index contributed by atoms with van der Waals surface area (Å²) in [6, 6.07) is 19.0. The molecular formula is C26H21BrN2O5. The van der Waals surface area contributed by atoms with Crippen molar-refractivity contribution in [3.05, 3.63) is 93.0 Å². The Morgan fingerprint density at radius 3 is 2.50 bits per heavy atom. The number of carboxylic acid groups (broad SMARTS) is 1. The van der Waals surface area contributed by atoms with E-state index in [0.29, 0.717) is 27.2 Å². The fraction of sp³-hybridized carbons (Fsp3) is 0.115. The summed E-state index contributed by atoms with van der Waals surface area (Å²) in [7, 11) is 1.49. The average molecular weight is 521 g/mol. The fourth-order valence-corrected chi connectivity index (χ4v) is 3.67. The molecule has 0 heterocycles. The van der Waals surface area contributed by atoms with Crippen molar-refractivity contribution in [3.8, 4) is 17.6 Å². The molecule has 3 aromatic carbocycles. The third kappa shape index (κ3) is 6.24. The molecule has 0 aliphatic rings. The maximum absolute atomic E-state index is 12.6. The van der Waals surface area contributed by atoms with Gasteiger partial charge in [0.05, 0.1) is 17.1 Å². The summed E-state index contributed by atoms with van der Waals surface area (Å²) >= 11 is 3.46. The molecule has 0 radical (unpaired) electrons. The molecule has 0 unspecified atom stereocenters. The van der Waals surface area contributed by atoms with E-state index < -0.39 is 11.9 Å². The lowest BCUT2D eigenvalue weighted by Crippen LogP contribution is -2.13. The molecule has 172 valence electrons. The quantitative estimate of drug-likeness (QED) is 0.296. The number of ether oxygens (including phenoxy) is 2. The summed E-state index contributed by atoms with van der Waals surface area (Å²) in [5.74, 6) is -0.679. The molecule has 0 fully saturated rings. The Morgan fingerprint density at radius 2 is 1.88 bits per heavy atom. The summed E-state index contributed by atoms with van der Waals surface area (Å²) < 4.78 is 11.9. The summed E-state index contributed by atoms with van der Waals surface area (Å²) in [6.45, 7) is 2.10. The number of nitrogens with one attached hydrogen (secondary N) is 1. The molecule has 3 rings (SSSR count). The number of carbonyl (C=O) groups is 2. The van der Waals surface area contributed by atoms with E-state index in [9.17, 15) is 14.9 Å². The van der Waals surface area contributed by atoms with E-state index >= 15 is 0 Å². The van der Waals surface area contributed by atoms with E-state index in [1.165, 1.54) is 25.3 Å². The number of carbonyl (C=O) groups excluding carboxylic acids is 1. The van der Waals surface area contributed by atoms with Crippen LogP contribution < -0.4 is 14.8 Å².